The number of carbonyl (C=O) groups excluding carboxylic acids is 2. The first-order valence-corrected chi connectivity index (χ1v) is 7.87. The fraction of sp³-hybridized carbons (Fsp3) is 0.105. The summed E-state index contributed by atoms with van der Waals surface area (Å²) < 4.78 is 5.19. The molecule has 0 unspecified atom stereocenters. The molecule has 26 heavy (non-hydrogen) atoms. The van der Waals surface area contributed by atoms with Crippen molar-refractivity contribution in [2.75, 3.05) is 17.7 Å². The summed E-state index contributed by atoms with van der Waals surface area (Å²) in [6.45, 7) is 1.38. The maximum Gasteiger partial charge on any atom is 0.256 e. The average molecular weight is 351 g/mol. The van der Waals surface area contributed by atoms with Gasteiger partial charge in [-0.3, -0.25) is 14.4 Å². The maximum absolute atomic E-state index is 12.7. The average Bonchev–Trinajstić information content (AvgIpc) is 2.60. The normalized spacial score (nSPS) is 10.4. The van der Waals surface area contributed by atoms with Crippen molar-refractivity contribution in [2.24, 2.45) is 0 Å². The van der Waals surface area contributed by atoms with Gasteiger partial charge in [0.05, 0.1) is 18.4 Å². The van der Waals surface area contributed by atoms with Gasteiger partial charge in [-0.2, -0.15) is 0 Å². The van der Waals surface area contributed by atoms with E-state index in [9.17, 15) is 14.4 Å². The molecule has 3 rings (SSSR count). The summed E-state index contributed by atoms with van der Waals surface area (Å²) in [7, 11) is 1.49. The number of rotatable bonds is 4. The van der Waals surface area contributed by atoms with Gasteiger partial charge < -0.3 is 20.4 Å². The Labute approximate surface area is 149 Å². The Bertz CT molecular complexity index is 1060. The SMILES string of the molecule is COc1ccc(NC(=O)c2cc(=O)[nH]c3ccccc23)cc1NC(C)=O. The zero-order valence-corrected chi connectivity index (χ0v) is 14.3. The number of hydrogen-bond acceptors (Lipinski definition) is 4. The first kappa shape index (κ1) is 17.2. The number of amides is 2. The molecule has 2 aromatic carbocycles. The van der Waals surface area contributed by atoms with E-state index >= 15 is 0 Å². The van der Waals surface area contributed by atoms with E-state index in [4.69, 9.17) is 4.74 Å². The van der Waals surface area contributed by atoms with Gasteiger partial charge in [0.25, 0.3) is 5.91 Å². The third kappa shape index (κ3) is 3.56. The van der Waals surface area contributed by atoms with Crippen LogP contribution in [0.5, 0.6) is 5.75 Å². The largest absolute Gasteiger partial charge is 0.495 e. The number of methoxy groups -OCH3 is 1. The minimum absolute atomic E-state index is 0.257. The zero-order chi connectivity index (χ0) is 18.7. The number of ether oxygens (including phenoxy) is 1. The van der Waals surface area contributed by atoms with E-state index < -0.39 is 5.91 Å². The molecule has 1 aromatic heterocycles. The second kappa shape index (κ2) is 7.10. The van der Waals surface area contributed by atoms with Gasteiger partial charge in [-0.1, -0.05) is 18.2 Å². The van der Waals surface area contributed by atoms with Gasteiger partial charge in [0.1, 0.15) is 5.75 Å². The molecular formula is C19H17N3O4. The van der Waals surface area contributed by atoms with Crippen molar-refractivity contribution in [1.82, 2.24) is 4.98 Å². The number of hydrogen-bond donors (Lipinski definition) is 3. The van der Waals surface area contributed by atoms with E-state index in [0.29, 0.717) is 28.0 Å². The molecule has 0 atom stereocenters. The lowest BCUT2D eigenvalue weighted by Crippen LogP contribution is -2.17. The zero-order valence-electron chi connectivity index (χ0n) is 14.3. The molecule has 0 fully saturated rings. The molecule has 1 heterocycles. The van der Waals surface area contributed by atoms with Crippen LogP contribution in [-0.4, -0.2) is 23.9 Å². The lowest BCUT2D eigenvalue weighted by atomic mass is 10.1. The summed E-state index contributed by atoms with van der Waals surface area (Å²) in [4.78, 5) is 38.5. The Morgan fingerprint density at radius 3 is 2.54 bits per heavy atom. The third-order valence-corrected chi connectivity index (χ3v) is 3.76. The van der Waals surface area contributed by atoms with Gasteiger partial charge in [-0.25, -0.2) is 0 Å². The van der Waals surface area contributed by atoms with Crippen LogP contribution in [0.3, 0.4) is 0 Å². The smallest absolute Gasteiger partial charge is 0.256 e. The van der Waals surface area contributed by atoms with Crippen LogP contribution >= 0.6 is 0 Å². The van der Waals surface area contributed by atoms with Gasteiger partial charge >= 0.3 is 0 Å². The summed E-state index contributed by atoms with van der Waals surface area (Å²) in [5.41, 5.74) is 1.39. The van der Waals surface area contributed by atoms with Crippen LogP contribution in [0.4, 0.5) is 11.4 Å². The molecule has 132 valence electrons. The fourth-order valence-corrected chi connectivity index (χ4v) is 2.66. The molecule has 3 aromatic rings. The maximum atomic E-state index is 12.7. The Morgan fingerprint density at radius 1 is 1.04 bits per heavy atom. The van der Waals surface area contributed by atoms with Gasteiger partial charge in [0, 0.05) is 29.6 Å². The Morgan fingerprint density at radius 2 is 1.81 bits per heavy atom. The van der Waals surface area contributed by atoms with Gasteiger partial charge in [0.15, 0.2) is 0 Å². The summed E-state index contributed by atoms with van der Waals surface area (Å²) in [5.74, 6) is -0.210. The molecule has 0 aliphatic rings. The van der Waals surface area contributed by atoms with Crippen molar-refractivity contribution in [3.63, 3.8) is 0 Å². The van der Waals surface area contributed by atoms with Crippen molar-refractivity contribution >= 4 is 34.1 Å². The van der Waals surface area contributed by atoms with Crippen LogP contribution in [0.25, 0.3) is 10.9 Å². The summed E-state index contributed by atoms with van der Waals surface area (Å²) in [6.07, 6.45) is 0. The van der Waals surface area contributed by atoms with Crippen LogP contribution in [0.15, 0.2) is 53.3 Å². The molecule has 0 bridgehead atoms. The lowest BCUT2D eigenvalue weighted by Gasteiger charge is -2.12. The first-order valence-electron chi connectivity index (χ1n) is 7.87. The highest BCUT2D eigenvalue weighted by atomic mass is 16.5. The fourth-order valence-electron chi connectivity index (χ4n) is 2.66. The van der Waals surface area contributed by atoms with Gasteiger partial charge in [0.2, 0.25) is 11.5 Å². The summed E-state index contributed by atoms with van der Waals surface area (Å²) >= 11 is 0. The number of anilines is 2. The number of pyridine rings is 1. The molecule has 0 saturated carbocycles. The standard InChI is InChI=1S/C19H17N3O4/c1-11(23)20-16-9-12(7-8-17(16)26-2)21-19(25)14-10-18(24)22-15-6-4-3-5-13(14)15/h3-10H,1-2H3,(H,20,23)(H,21,25)(H,22,24). The molecule has 0 aliphatic carbocycles. The topological polar surface area (TPSA) is 100 Å². The number of aromatic amines is 1. The highest BCUT2D eigenvalue weighted by Crippen LogP contribution is 2.28. The van der Waals surface area contributed by atoms with Crippen molar-refractivity contribution in [2.45, 2.75) is 6.92 Å². The molecule has 0 aliphatic heterocycles. The van der Waals surface area contributed by atoms with E-state index in [1.165, 1.54) is 20.1 Å². The van der Waals surface area contributed by atoms with Crippen LogP contribution in [0.2, 0.25) is 0 Å². The van der Waals surface area contributed by atoms with E-state index in [0.717, 1.165) is 0 Å². The molecular weight excluding hydrogens is 334 g/mol. The monoisotopic (exact) mass is 351 g/mol. The molecule has 0 saturated heterocycles. The molecule has 0 radical (unpaired) electrons. The predicted molar refractivity (Wildman–Crippen MR) is 99.8 cm³/mol. The molecule has 0 spiro atoms. The van der Waals surface area contributed by atoms with Crippen LogP contribution < -0.4 is 20.9 Å². The van der Waals surface area contributed by atoms with E-state index in [-0.39, 0.29) is 17.0 Å². The highest BCUT2D eigenvalue weighted by molar-refractivity contribution is 6.12. The van der Waals surface area contributed by atoms with Crippen LogP contribution in [0, 0.1) is 0 Å². The van der Waals surface area contributed by atoms with Crippen LogP contribution in [-0.2, 0) is 4.79 Å². The second-order valence-electron chi connectivity index (χ2n) is 5.64. The number of benzene rings is 2. The van der Waals surface area contributed by atoms with Crippen molar-refractivity contribution in [3.05, 3.63) is 64.4 Å². The lowest BCUT2D eigenvalue weighted by molar-refractivity contribution is -0.114. The quantitative estimate of drug-likeness (QED) is 0.673. The summed E-state index contributed by atoms with van der Waals surface area (Å²) in [6, 6.07) is 13.2. The molecule has 2 amide bonds. The molecule has 3 N–H and O–H groups in total. The van der Waals surface area contributed by atoms with E-state index in [1.54, 1.807) is 42.5 Å². The predicted octanol–water partition coefficient (Wildman–Crippen LogP) is 2.75. The molecule has 7 nitrogen and oxygen atoms in total. The number of aromatic nitrogens is 1. The number of H-pyrrole nitrogens is 1. The second-order valence-corrected chi connectivity index (χ2v) is 5.64. The number of para-hydroxylation sites is 1. The number of carbonyl (C=O) groups is 2. The van der Waals surface area contributed by atoms with Crippen LogP contribution in [0.1, 0.15) is 17.3 Å². The summed E-state index contributed by atoms with van der Waals surface area (Å²) in [5, 5.41) is 6.03. The van der Waals surface area contributed by atoms with Gasteiger partial charge in [-0.15, -0.1) is 0 Å². The van der Waals surface area contributed by atoms with Crippen molar-refractivity contribution < 1.29 is 14.3 Å². The van der Waals surface area contributed by atoms with Crippen molar-refractivity contribution in [1.29, 1.82) is 0 Å². The first-order chi connectivity index (χ1) is 12.5. The Kier molecular flexibility index (Phi) is 4.70. The third-order valence-electron chi connectivity index (χ3n) is 3.76. The number of fused-ring (bicyclic) bond motifs is 1. The minimum Gasteiger partial charge on any atom is -0.495 e. The van der Waals surface area contributed by atoms with E-state index in [1.807, 2.05) is 0 Å². The molecule has 7 heteroatoms. The van der Waals surface area contributed by atoms with Crippen molar-refractivity contribution in [3.8, 4) is 5.75 Å². The number of nitrogens with one attached hydrogen (secondary N) is 3. The van der Waals surface area contributed by atoms with E-state index in [2.05, 4.69) is 15.6 Å². The van der Waals surface area contributed by atoms with Gasteiger partial charge in [-0.05, 0) is 24.3 Å². The highest BCUT2D eigenvalue weighted by Gasteiger charge is 2.13. The minimum atomic E-state index is -0.425. The Hall–Kier alpha value is -3.61. The Balaban J connectivity index is 1.96.